The van der Waals surface area contributed by atoms with Crippen LogP contribution < -0.4 is 0 Å². The van der Waals surface area contributed by atoms with Crippen molar-refractivity contribution in [1.82, 2.24) is 0 Å². The maximum Gasteiger partial charge on any atom is 0.244 e. The number of hydrogen-bond acceptors (Lipinski definition) is 2. The minimum absolute atomic E-state index is 0.564. The van der Waals surface area contributed by atoms with Crippen LogP contribution in [0.15, 0.2) is 12.7 Å². The van der Waals surface area contributed by atoms with Crippen molar-refractivity contribution in [2.24, 2.45) is 0 Å². The predicted octanol–water partition coefficient (Wildman–Crippen LogP) is 1.29. The molecular weight excluding hydrogens is 131 g/mol. The highest BCUT2D eigenvalue weighted by atomic mass is 32.7. The molecule has 0 heterocycles. The molecule has 0 saturated heterocycles. The van der Waals surface area contributed by atoms with Crippen LogP contribution >= 0.6 is 18.6 Å². The Morgan fingerprint density at radius 1 is 2.00 bits per heavy atom. The van der Waals surface area contributed by atoms with Gasteiger partial charge in [0.15, 0.2) is 0 Å². The lowest BCUT2D eigenvalue weighted by atomic mass is 10.8. The van der Waals surface area contributed by atoms with Gasteiger partial charge in [-0.05, 0) is 0 Å². The van der Waals surface area contributed by atoms with E-state index in [2.05, 4.69) is 6.58 Å². The standard InChI is InChI=1S/C3H7O2PS/c1-2-3-7-6(4)5/h2,6H,1,3H2,(H,4,5). The quantitative estimate of drug-likeness (QED) is 0.471. The SMILES string of the molecule is C=CCS[PH](=O)O. The fraction of sp³-hybridized carbons (Fsp3) is 0.333. The van der Waals surface area contributed by atoms with Crippen molar-refractivity contribution < 1.29 is 9.46 Å². The fourth-order valence-corrected chi connectivity index (χ4v) is 1.17. The van der Waals surface area contributed by atoms with Crippen LogP contribution in [0.5, 0.6) is 0 Å². The maximum atomic E-state index is 9.86. The van der Waals surface area contributed by atoms with Crippen LogP contribution in [0.1, 0.15) is 0 Å². The molecule has 0 fully saturated rings. The van der Waals surface area contributed by atoms with Crippen molar-refractivity contribution >= 4 is 18.6 Å². The Labute approximate surface area is 47.2 Å². The molecule has 7 heavy (non-hydrogen) atoms. The molecule has 4 heteroatoms. The monoisotopic (exact) mass is 138 g/mol. The van der Waals surface area contributed by atoms with Crippen LogP contribution in [-0.2, 0) is 4.57 Å². The summed E-state index contributed by atoms with van der Waals surface area (Å²) >= 11 is 1.02. The Balaban J connectivity index is 2.97. The van der Waals surface area contributed by atoms with Gasteiger partial charge in [0.1, 0.15) is 0 Å². The van der Waals surface area contributed by atoms with Crippen molar-refractivity contribution in [2.75, 3.05) is 5.75 Å². The highest BCUT2D eigenvalue weighted by Gasteiger charge is 1.85. The first-order chi connectivity index (χ1) is 3.27. The molecule has 42 valence electrons. The molecule has 0 rings (SSSR count). The van der Waals surface area contributed by atoms with E-state index in [1.54, 1.807) is 6.08 Å². The smallest absolute Gasteiger partial charge is 0.244 e. The maximum absolute atomic E-state index is 9.86. The van der Waals surface area contributed by atoms with Crippen LogP contribution in [0.25, 0.3) is 0 Å². The molecule has 0 amide bonds. The van der Waals surface area contributed by atoms with Gasteiger partial charge in [-0.2, -0.15) is 0 Å². The summed E-state index contributed by atoms with van der Waals surface area (Å²) in [6.45, 7) is 3.38. The van der Waals surface area contributed by atoms with E-state index in [-0.39, 0.29) is 0 Å². The van der Waals surface area contributed by atoms with E-state index in [4.69, 9.17) is 4.89 Å². The Morgan fingerprint density at radius 2 is 2.57 bits per heavy atom. The summed E-state index contributed by atoms with van der Waals surface area (Å²) in [4.78, 5) is 8.14. The summed E-state index contributed by atoms with van der Waals surface area (Å²) < 4.78 is 9.86. The van der Waals surface area contributed by atoms with Crippen LogP contribution in [0.2, 0.25) is 0 Å². The first-order valence-electron chi connectivity index (χ1n) is 1.74. The molecule has 0 aromatic rings. The average molecular weight is 138 g/mol. The Morgan fingerprint density at radius 3 is 2.71 bits per heavy atom. The van der Waals surface area contributed by atoms with Crippen LogP contribution in [0, 0.1) is 0 Å². The largest absolute Gasteiger partial charge is 0.339 e. The molecule has 0 aliphatic rings. The highest BCUT2D eigenvalue weighted by Crippen LogP contribution is 2.31. The van der Waals surface area contributed by atoms with Crippen LogP contribution in [-0.4, -0.2) is 10.6 Å². The van der Waals surface area contributed by atoms with E-state index in [0.29, 0.717) is 5.75 Å². The zero-order valence-corrected chi connectivity index (χ0v) is 5.57. The molecular formula is C3H7O2PS. The van der Waals surface area contributed by atoms with Crippen LogP contribution in [0.4, 0.5) is 0 Å². The van der Waals surface area contributed by atoms with Crippen molar-refractivity contribution in [1.29, 1.82) is 0 Å². The van der Waals surface area contributed by atoms with Gasteiger partial charge in [0.2, 0.25) is 7.23 Å². The summed E-state index contributed by atoms with van der Waals surface area (Å²) in [6.07, 6.45) is 1.60. The van der Waals surface area contributed by atoms with E-state index < -0.39 is 7.23 Å². The summed E-state index contributed by atoms with van der Waals surface area (Å²) in [5, 5.41) is 0. The van der Waals surface area contributed by atoms with E-state index in [1.807, 2.05) is 0 Å². The molecule has 0 aromatic carbocycles. The van der Waals surface area contributed by atoms with Gasteiger partial charge in [0.05, 0.1) is 0 Å². The average Bonchev–Trinajstić information content (AvgIpc) is 1.61. The Bertz CT molecular complexity index is 83.0. The summed E-state index contributed by atoms with van der Waals surface area (Å²) in [5.41, 5.74) is 0. The van der Waals surface area contributed by atoms with Gasteiger partial charge in [0.25, 0.3) is 0 Å². The molecule has 0 bridgehead atoms. The topological polar surface area (TPSA) is 37.3 Å². The molecule has 0 aliphatic heterocycles. The van der Waals surface area contributed by atoms with E-state index in [1.165, 1.54) is 0 Å². The third-order valence-corrected chi connectivity index (χ3v) is 2.21. The zero-order valence-electron chi connectivity index (χ0n) is 3.76. The second-order valence-electron chi connectivity index (χ2n) is 0.866. The first kappa shape index (κ1) is 7.28. The van der Waals surface area contributed by atoms with Gasteiger partial charge in [-0.15, -0.1) is 6.58 Å². The minimum atomic E-state index is -2.30. The molecule has 0 aromatic heterocycles. The minimum Gasteiger partial charge on any atom is -0.339 e. The first-order valence-corrected chi connectivity index (χ1v) is 4.80. The van der Waals surface area contributed by atoms with Crippen molar-refractivity contribution in [2.45, 2.75) is 0 Å². The van der Waals surface area contributed by atoms with Gasteiger partial charge in [-0.25, -0.2) is 0 Å². The van der Waals surface area contributed by atoms with Crippen LogP contribution in [0.3, 0.4) is 0 Å². The third kappa shape index (κ3) is 6.28. The fourth-order valence-electron chi connectivity index (χ4n) is 0.130. The summed E-state index contributed by atoms with van der Waals surface area (Å²) in [5.74, 6) is 0.564. The van der Waals surface area contributed by atoms with Gasteiger partial charge in [0, 0.05) is 5.75 Å². The lowest BCUT2D eigenvalue weighted by Crippen LogP contribution is -1.58. The Kier molecular flexibility index (Phi) is 4.62. The summed E-state index contributed by atoms with van der Waals surface area (Å²) in [6, 6.07) is 0. The second-order valence-corrected chi connectivity index (χ2v) is 3.93. The van der Waals surface area contributed by atoms with Crippen molar-refractivity contribution in [3.8, 4) is 0 Å². The summed E-state index contributed by atoms with van der Waals surface area (Å²) in [7, 11) is -2.30. The third-order valence-electron chi connectivity index (χ3n) is 0.325. The zero-order chi connectivity index (χ0) is 5.70. The number of hydrogen-bond donors (Lipinski definition) is 1. The van der Waals surface area contributed by atoms with Gasteiger partial charge < -0.3 is 4.89 Å². The molecule has 0 radical (unpaired) electrons. The van der Waals surface area contributed by atoms with Crippen molar-refractivity contribution in [3.63, 3.8) is 0 Å². The molecule has 1 N–H and O–H groups in total. The molecule has 0 aliphatic carbocycles. The van der Waals surface area contributed by atoms with Crippen molar-refractivity contribution in [3.05, 3.63) is 12.7 Å². The lowest BCUT2D eigenvalue weighted by molar-refractivity contribution is 0.519. The van der Waals surface area contributed by atoms with E-state index >= 15 is 0 Å². The van der Waals surface area contributed by atoms with E-state index in [0.717, 1.165) is 11.4 Å². The Hall–Kier alpha value is 0.280. The normalized spacial score (nSPS) is 13.3. The molecule has 1 unspecified atom stereocenters. The number of rotatable bonds is 3. The second kappa shape index (κ2) is 4.44. The molecule has 2 nitrogen and oxygen atoms in total. The lowest BCUT2D eigenvalue weighted by Gasteiger charge is -1.84. The van der Waals surface area contributed by atoms with Gasteiger partial charge in [-0.1, -0.05) is 17.5 Å². The van der Waals surface area contributed by atoms with E-state index in [9.17, 15) is 4.57 Å². The molecule has 0 spiro atoms. The predicted molar refractivity (Wildman–Crippen MR) is 33.9 cm³/mol. The van der Waals surface area contributed by atoms with Gasteiger partial charge in [-0.3, -0.25) is 4.57 Å². The molecule has 0 saturated carbocycles. The highest BCUT2D eigenvalue weighted by molar-refractivity contribution is 8.50. The molecule has 1 atom stereocenters. The van der Waals surface area contributed by atoms with Gasteiger partial charge >= 0.3 is 0 Å².